The van der Waals surface area contributed by atoms with Gasteiger partial charge in [0, 0.05) is 32.0 Å². The van der Waals surface area contributed by atoms with Crippen molar-refractivity contribution in [3.8, 4) is 5.75 Å². The topological polar surface area (TPSA) is 54.5 Å². The van der Waals surface area contributed by atoms with Crippen LogP contribution in [0, 0.1) is 0 Å². The third-order valence-electron chi connectivity index (χ3n) is 4.41. The second-order valence-electron chi connectivity index (χ2n) is 6.17. The maximum atomic E-state index is 12.5. The van der Waals surface area contributed by atoms with E-state index in [1.807, 2.05) is 30.5 Å². The smallest absolute Gasteiger partial charge is 0.253 e. The van der Waals surface area contributed by atoms with E-state index in [4.69, 9.17) is 4.74 Å². The first kappa shape index (κ1) is 16.5. The first-order chi connectivity index (χ1) is 11.7. The van der Waals surface area contributed by atoms with E-state index in [0.29, 0.717) is 12.1 Å². The van der Waals surface area contributed by atoms with Gasteiger partial charge in [-0.15, -0.1) is 0 Å². The Morgan fingerprint density at radius 1 is 1.38 bits per heavy atom. The summed E-state index contributed by atoms with van der Waals surface area (Å²) in [6.45, 7) is 2.42. The molecule has 5 nitrogen and oxygen atoms in total. The lowest BCUT2D eigenvalue weighted by Gasteiger charge is -2.26. The molecule has 5 heteroatoms. The molecule has 0 saturated heterocycles. The lowest BCUT2D eigenvalue weighted by molar-refractivity contribution is 0.0952. The highest BCUT2D eigenvalue weighted by atomic mass is 16.5. The van der Waals surface area contributed by atoms with Gasteiger partial charge in [-0.1, -0.05) is 12.1 Å². The summed E-state index contributed by atoms with van der Waals surface area (Å²) >= 11 is 0. The number of hydrogen-bond acceptors (Lipinski definition) is 4. The van der Waals surface area contributed by atoms with E-state index in [1.54, 1.807) is 13.3 Å². The molecule has 2 aromatic rings. The van der Waals surface area contributed by atoms with E-state index in [-0.39, 0.29) is 5.91 Å². The molecule has 1 aromatic carbocycles. The maximum Gasteiger partial charge on any atom is 0.253 e. The molecule has 0 unspecified atom stereocenters. The number of fused-ring (bicyclic) bond motifs is 1. The molecule has 0 radical (unpaired) electrons. The number of carbonyl (C=O) groups excluding carboxylic acids is 1. The molecule has 0 saturated carbocycles. The zero-order valence-corrected chi connectivity index (χ0v) is 14.2. The predicted molar refractivity (Wildman–Crippen MR) is 93.3 cm³/mol. The van der Waals surface area contributed by atoms with Gasteiger partial charge in [0.15, 0.2) is 0 Å². The highest BCUT2D eigenvalue weighted by Gasteiger charge is 2.20. The maximum absolute atomic E-state index is 12.5. The molecule has 0 bridgehead atoms. The first-order valence-electron chi connectivity index (χ1n) is 8.23. The van der Waals surface area contributed by atoms with Gasteiger partial charge in [-0.05, 0) is 48.7 Å². The van der Waals surface area contributed by atoms with Gasteiger partial charge in [0.2, 0.25) is 0 Å². The van der Waals surface area contributed by atoms with Crippen molar-refractivity contribution in [1.82, 2.24) is 15.2 Å². The SMILES string of the molecule is COc1cccc(CCNC(=O)c2cncc3c2CCN(C)C3)c1. The zero-order chi connectivity index (χ0) is 16.9. The molecule has 3 rings (SSSR count). The quantitative estimate of drug-likeness (QED) is 0.914. The number of hydrogen-bond donors (Lipinski definition) is 1. The average molecular weight is 325 g/mol. The van der Waals surface area contributed by atoms with Crippen molar-refractivity contribution in [2.24, 2.45) is 0 Å². The summed E-state index contributed by atoms with van der Waals surface area (Å²) in [6.07, 6.45) is 5.23. The fourth-order valence-corrected chi connectivity index (χ4v) is 3.07. The lowest BCUT2D eigenvalue weighted by Crippen LogP contribution is -2.31. The van der Waals surface area contributed by atoms with Crippen LogP contribution < -0.4 is 10.1 Å². The molecule has 0 aliphatic carbocycles. The number of amides is 1. The number of aromatic nitrogens is 1. The van der Waals surface area contributed by atoms with Gasteiger partial charge in [-0.3, -0.25) is 9.78 Å². The highest BCUT2D eigenvalue weighted by Crippen LogP contribution is 2.20. The number of pyridine rings is 1. The van der Waals surface area contributed by atoms with Crippen molar-refractivity contribution in [1.29, 1.82) is 0 Å². The van der Waals surface area contributed by atoms with E-state index in [9.17, 15) is 4.79 Å². The Balaban J connectivity index is 1.62. The molecule has 0 atom stereocenters. The predicted octanol–water partition coefficient (Wildman–Crippen LogP) is 2.05. The van der Waals surface area contributed by atoms with E-state index >= 15 is 0 Å². The van der Waals surface area contributed by atoms with Crippen molar-refractivity contribution in [2.45, 2.75) is 19.4 Å². The number of methoxy groups -OCH3 is 1. The molecule has 1 amide bonds. The molecule has 1 N–H and O–H groups in total. The first-order valence-corrected chi connectivity index (χ1v) is 8.23. The Morgan fingerprint density at radius 2 is 2.25 bits per heavy atom. The summed E-state index contributed by atoms with van der Waals surface area (Å²) in [7, 11) is 3.74. The van der Waals surface area contributed by atoms with Crippen LogP contribution in [0.25, 0.3) is 0 Å². The minimum absolute atomic E-state index is 0.0354. The molecule has 1 aromatic heterocycles. The van der Waals surface area contributed by atoms with Gasteiger partial charge in [-0.25, -0.2) is 0 Å². The Bertz CT molecular complexity index is 730. The van der Waals surface area contributed by atoms with Gasteiger partial charge >= 0.3 is 0 Å². The van der Waals surface area contributed by atoms with Gasteiger partial charge in [0.05, 0.1) is 12.7 Å². The molecule has 0 spiro atoms. The van der Waals surface area contributed by atoms with Crippen LogP contribution in [0.15, 0.2) is 36.7 Å². The van der Waals surface area contributed by atoms with E-state index in [1.165, 1.54) is 0 Å². The Kier molecular flexibility index (Phi) is 5.11. The molecule has 0 fully saturated rings. The normalized spacial score (nSPS) is 14.1. The summed E-state index contributed by atoms with van der Waals surface area (Å²) in [5.41, 5.74) is 4.15. The van der Waals surface area contributed by atoms with Crippen LogP contribution in [0.1, 0.15) is 27.0 Å². The molecule has 126 valence electrons. The van der Waals surface area contributed by atoms with Crippen molar-refractivity contribution in [3.05, 3.63) is 58.9 Å². The van der Waals surface area contributed by atoms with Crippen molar-refractivity contribution in [3.63, 3.8) is 0 Å². The molecule has 2 heterocycles. The van der Waals surface area contributed by atoms with E-state index in [2.05, 4.69) is 22.2 Å². The number of benzene rings is 1. The zero-order valence-electron chi connectivity index (χ0n) is 14.2. The summed E-state index contributed by atoms with van der Waals surface area (Å²) in [5.74, 6) is 0.802. The third kappa shape index (κ3) is 3.74. The number of carbonyl (C=O) groups is 1. The number of rotatable bonds is 5. The van der Waals surface area contributed by atoms with Crippen LogP contribution in [0.3, 0.4) is 0 Å². The van der Waals surface area contributed by atoms with Crippen molar-refractivity contribution >= 4 is 5.91 Å². The van der Waals surface area contributed by atoms with Crippen LogP contribution in [-0.2, 0) is 19.4 Å². The molecular weight excluding hydrogens is 302 g/mol. The Morgan fingerprint density at radius 3 is 3.08 bits per heavy atom. The van der Waals surface area contributed by atoms with Crippen LogP contribution in [0.4, 0.5) is 0 Å². The van der Waals surface area contributed by atoms with Crippen molar-refractivity contribution in [2.75, 3.05) is 27.2 Å². The minimum atomic E-state index is -0.0354. The molecule has 1 aliphatic heterocycles. The van der Waals surface area contributed by atoms with Gasteiger partial charge in [0.1, 0.15) is 5.75 Å². The van der Waals surface area contributed by atoms with Gasteiger partial charge < -0.3 is 15.0 Å². The van der Waals surface area contributed by atoms with Crippen LogP contribution in [0.5, 0.6) is 5.75 Å². The lowest BCUT2D eigenvalue weighted by atomic mass is 9.97. The van der Waals surface area contributed by atoms with Crippen molar-refractivity contribution < 1.29 is 9.53 Å². The molecule has 1 aliphatic rings. The fourth-order valence-electron chi connectivity index (χ4n) is 3.07. The van der Waals surface area contributed by atoms with Crippen LogP contribution in [0.2, 0.25) is 0 Å². The second kappa shape index (κ2) is 7.45. The minimum Gasteiger partial charge on any atom is -0.497 e. The largest absolute Gasteiger partial charge is 0.497 e. The summed E-state index contributed by atoms with van der Waals surface area (Å²) in [6, 6.07) is 7.91. The van der Waals surface area contributed by atoms with E-state index < -0.39 is 0 Å². The average Bonchev–Trinajstić information content (AvgIpc) is 2.61. The summed E-state index contributed by atoms with van der Waals surface area (Å²) < 4.78 is 5.22. The third-order valence-corrected chi connectivity index (χ3v) is 4.41. The summed E-state index contributed by atoms with van der Waals surface area (Å²) in [5, 5.41) is 3.01. The monoisotopic (exact) mass is 325 g/mol. The number of ether oxygens (including phenoxy) is 1. The summed E-state index contributed by atoms with van der Waals surface area (Å²) in [4.78, 5) is 19.0. The number of likely N-dealkylation sites (N-methyl/N-ethyl adjacent to an activating group) is 1. The Hall–Kier alpha value is -2.40. The molecular formula is C19H23N3O2. The molecule has 24 heavy (non-hydrogen) atoms. The standard InChI is InChI=1S/C19H23N3O2/c1-22-9-7-17-15(13-22)11-20-12-18(17)19(23)21-8-6-14-4-3-5-16(10-14)24-2/h3-5,10-12H,6-9,13H2,1-2H3,(H,21,23). The Labute approximate surface area is 142 Å². The van der Waals surface area contributed by atoms with Crippen LogP contribution in [-0.4, -0.2) is 43.0 Å². The van der Waals surface area contributed by atoms with Gasteiger partial charge in [-0.2, -0.15) is 0 Å². The number of nitrogens with zero attached hydrogens (tertiary/aromatic N) is 2. The highest BCUT2D eigenvalue weighted by molar-refractivity contribution is 5.95. The van der Waals surface area contributed by atoms with Crippen LogP contribution >= 0.6 is 0 Å². The second-order valence-corrected chi connectivity index (χ2v) is 6.17. The fraction of sp³-hybridized carbons (Fsp3) is 0.368. The number of nitrogens with one attached hydrogen (secondary N) is 1. The van der Waals surface area contributed by atoms with E-state index in [0.717, 1.165) is 48.4 Å². The van der Waals surface area contributed by atoms with Gasteiger partial charge in [0.25, 0.3) is 5.91 Å².